The minimum absolute atomic E-state index is 0.0703. The molecule has 0 amide bonds. The Labute approximate surface area is 325 Å². The summed E-state index contributed by atoms with van der Waals surface area (Å²) in [6, 6.07) is 13.3. The Morgan fingerprint density at radius 1 is 0.712 bits per heavy atom. The van der Waals surface area contributed by atoms with E-state index in [1.165, 1.54) is 43.3 Å². The zero-order valence-corrected chi connectivity index (χ0v) is 37.9. The first-order chi connectivity index (χ1) is 24.8. The molecule has 0 heterocycles. The van der Waals surface area contributed by atoms with E-state index >= 15 is 0 Å². The fourth-order valence-electron chi connectivity index (χ4n) is 5.35. The zero-order valence-electron chi connectivity index (χ0n) is 37.9. The highest BCUT2D eigenvalue weighted by atomic mass is 16.5. The normalized spacial score (nSPS) is 10.6. The fraction of sp³-hybridized carbons (Fsp3) is 0.592. The molecule has 52 heavy (non-hydrogen) atoms. The molecule has 0 aliphatic rings. The third kappa shape index (κ3) is 29.4. The van der Waals surface area contributed by atoms with Gasteiger partial charge in [-0.1, -0.05) is 181 Å². The van der Waals surface area contributed by atoms with Crippen molar-refractivity contribution in [2.75, 3.05) is 6.61 Å². The standard InChI is InChI=1S/C11H14O2.C11H18.C11H24.C10H12O.3C2H6/c1-4-13-11-7-10(9(3)12)6-5-8(11)2;1-6-7-10(4)11(5)8-9(2)3;1-5-9-11(8-4)10(6-2)7-3;1-3-9-6-4-5-7-10(9)8(2)11;3*1-2/h5-7H,4H2,1-3H3;7-8H,2,6H2,1,3-5H3;10-11H,5-9H2,1-4H3;4-7H,3H2,1-2H3;3*1-2H3/b;10-7-,11-8-;;;;;. The summed E-state index contributed by atoms with van der Waals surface area (Å²) in [6.07, 6.45) is 13.3. The van der Waals surface area contributed by atoms with Crippen LogP contribution in [0.3, 0.4) is 0 Å². The van der Waals surface area contributed by atoms with Gasteiger partial charge in [-0.05, 0) is 95.9 Å². The number of ketones is 2. The molecule has 0 N–H and O–H groups in total. The van der Waals surface area contributed by atoms with Gasteiger partial charge in [-0.25, -0.2) is 0 Å². The number of Topliss-reactive ketones (excluding diaryl/α,β-unsaturated/α-hetero) is 2. The van der Waals surface area contributed by atoms with Crippen molar-refractivity contribution < 1.29 is 14.3 Å². The second kappa shape index (κ2) is 40.6. The molecule has 0 radical (unpaired) electrons. The predicted octanol–water partition coefficient (Wildman–Crippen LogP) is 16.2. The van der Waals surface area contributed by atoms with Gasteiger partial charge in [-0.15, -0.1) is 0 Å². The summed E-state index contributed by atoms with van der Waals surface area (Å²) in [5.41, 5.74) is 7.55. The Bertz CT molecular complexity index is 1210. The van der Waals surface area contributed by atoms with Crippen molar-refractivity contribution in [3.05, 3.63) is 100 Å². The van der Waals surface area contributed by atoms with Crippen LogP contribution in [0.1, 0.15) is 195 Å². The lowest BCUT2D eigenvalue weighted by Gasteiger charge is -2.23. The van der Waals surface area contributed by atoms with E-state index in [-0.39, 0.29) is 11.6 Å². The molecule has 0 aliphatic heterocycles. The highest BCUT2D eigenvalue weighted by molar-refractivity contribution is 5.95. The SMILES string of the molecule is C=C(C)/C=C(C)\C(C)=C/CC.CC.CC.CC.CCCC(CC)C(CC)CC.CCOc1cc(C(C)=O)ccc1C.CCc1ccccc1C(C)=O. The van der Waals surface area contributed by atoms with Crippen molar-refractivity contribution in [3.8, 4) is 5.75 Å². The topological polar surface area (TPSA) is 43.4 Å². The highest BCUT2D eigenvalue weighted by Crippen LogP contribution is 2.26. The van der Waals surface area contributed by atoms with E-state index in [2.05, 4.69) is 74.1 Å². The Kier molecular flexibility index (Phi) is 45.3. The molecule has 1 unspecified atom stereocenters. The summed E-state index contributed by atoms with van der Waals surface area (Å²) in [7, 11) is 0. The van der Waals surface area contributed by atoms with E-state index in [0.29, 0.717) is 12.2 Å². The van der Waals surface area contributed by atoms with E-state index in [9.17, 15) is 9.59 Å². The maximum absolute atomic E-state index is 11.1. The predicted molar refractivity (Wildman–Crippen MR) is 238 cm³/mol. The molecule has 0 spiro atoms. The van der Waals surface area contributed by atoms with E-state index in [1.54, 1.807) is 19.9 Å². The van der Waals surface area contributed by atoms with Crippen LogP contribution in [0.5, 0.6) is 5.75 Å². The van der Waals surface area contributed by atoms with Crippen molar-refractivity contribution in [1.82, 2.24) is 0 Å². The summed E-state index contributed by atoms with van der Waals surface area (Å²) >= 11 is 0. The first-order valence-corrected chi connectivity index (χ1v) is 20.6. The van der Waals surface area contributed by atoms with Crippen molar-refractivity contribution in [2.45, 2.75) is 176 Å². The smallest absolute Gasteiger partial charge is 0.160 e. The largest absolute Gasteiger partial charge is 0.494 e. The van der Waals surface area contributed by atoms with Crippen molar-refractivity contribution in [1.29, 1.82) is 0 Å². The quantitative estimate of drug-likeness (QED) is 0.144. The van der Waals surface area contributed by atoms with Crippen LogP contribution in [0.4, 0.5) is 0 Å². The molecule has 0 fully saturated rings. The van der Waals surface area contributed by atoms with Gasteiger partial charge in [0.1, 0.15) is 5.75 Å². The number of hydrogen-bond acceptors (Lipinski definition) is 3. The second-order valence-corrected chi connectivity index (χ2v) is 12.0. The Morgan fingerprint density at radius 3 is 1.60 bits per heavy atom. The number of benzene rings is 2. The molecule has 300 valence electrons. The summed E-state index contributed by atoms with van der Waals surface area (Å²) in [4.78, 5) is 22.1. The molecular formula is C49H86O3. The summed E-state index contributed by atoms with van der Waals surface area (Å²) in [5.74, 6) is 3.01. The minimum atomic E-state index is 0.0703. The van der Waals surface area contributed by atoms with Gasteiger partial charge in [0.05, 0.1) is 6.61 Å². The lowest BCUT2D eigenvalue weighted by molar-refractivity contribution is 0.100. The Hall–Kier alpha value is -3.20. The number of carbonyl (C=O) groups excluding carboxylic acids is 2. The maximum Gasteiger partial charge on any atom is 0.160 e. The maximum atomic E-state index is 11.1. The van der Waals surface area contributed by atoms with Crippen LogP contribution in [0.25, 0.3) is 0 Å². The minimum Gasteiger partial charge on any atom is -0.494 e. The van der Waals surface area contributed by atoms with E-state index < -0.39 is 0 Å². The van der Waals surface area contributed by atoms with Crippen molar-refractivity contribution in [2.24, 2.45) is 11.8 Å². The fourth-order valence-corrected chi connectivity index (χ4v) is 5.35. The molecular weight excluding hydrogens is 637 g/mol. The number of rotatable bonds is 14. The molecule has 0 saturated carbocycles. The molecule has 0 aromatic heterocycles. The summed E-state index contributed by atoms with van der Waals surface area (Å²) in [5, 5.41) is 0. The Balaban J connectivity index is -0.000000180. The average molecular weight is 723 g/mol. The van der Waals surface area contributed by atoms with Gasteiger partial charge in [0.15, 0.2) is 11.6 Å². The first-order valence-electron chi connectivity index (χ1n) is 20.6. The van der Waals surface area contributed by atoms with Crippen LogP contribution < -0.4 is 4.74 Å². The van der Waals surface area contributed by atoms with Crippen LogP contribution in [-0.4, -0.2) is 18.2 Å². The third-order valence-corrected chi connectivity index (χ3v) is 8.17. The van der Waals surface area contributed by atoms with Gasteiger partial charge in [-0.3, -0.25) is 9.59 Å². The molecule has 2 rings (SSSR count). The zero-order chi connectivity index (χ0) is 41.7. The van der Waals surface area contributed by atoms with E-state index in [4.69, 9.17) is 4.74 Å². The molecule has 0 bridgehead atoms. The molecule has 3 heteroatoms. The lowest BCUT2D eigenvalue weighted by Crippen LogP contribution is -2.12. The van der Waals surface area contributed by atoms with Crippen LogP contribution in [0, 0.1) is 18.8 Å². The Morgan fingerprint density at radius 2 is 1.23 bits per heavy atom. The third-order valence-electron chi connectivity index (χ3n) is 8.17. The number of carbonyl (C=O) groups is 2. The molecule has 0 aliphatic carbocycles. The molecule has 2 aromatic carbocycles. The van der Waals surface area contributed by atoms with Crippen molar-refractivity contribution >= 4 is 11.6 Å². The van der Waals surface area contributed by atoms with Crippen LogP contribution >= 0.6 is 0 Å². The summed E-state index contributed by atoms with van der Waals surface area (Å²) in [6.45, 7) is 43.3. The van der Waals surface area contributed by atoms with E-state index in [0.717, 1.165) is 52.7 Å². The average Bonchev–Trinajstić information content (AvgIpc) is 3.15. The number of hydrogen-bond donors (Lipinski definition) is 0. The number of allylic oxidation sites excluding steroid dienone is 5. The molecule has 0 saturated heterocycles. The van der Waals surface area contributed by atoms with Crippen LogP contribution in [0.15, 0.2) is 77.9 Å². The van der Waals surface area contributed by atoms with Crippen LogP contribution in [-0.2, 0) is 6.42 Å². The summed E-state index contributed by atoms with van der Waals surface area (Å²) < 4.78 is 5.38. The van der Waals surface area contributed by atoms with Crippen LogP contribution in [0.2, 0.25) is 0 Å². The molecule has 2 aromatic rings. The van der Waals surface area contributed by atoms with Gasteiger partial charge in [0.25, 0.3) is 0 Å². The number of aryl methyl sites for hydroxylation is 2. The van der Waals surface area contributed by atoms with Crippen molar-refractivity contribution in [3.63, 3.8) is 0 Å². The van der Waals surface area contributed by atoms with Gasteiger partial charge >= 0.3 is 0 Å². The monoisotopic (exact) mass is 723 g/mol. The molecule has 1 atom stereocenters. The van der Waals surface area contributed by atoms with Gasteiger partial charge in [0, 0.05) is 11.1 Å². The highest BCUT2D eigenvalue weighted by Gasteiger charge is 2.14. The van der Waals surface area contributed by atoms with E-state index in [1.807, 2.05) is 98.7 Å². The molecule has 3 nitrogen and oxygen atoms in total. The van der Waals surface area contributed by atoms with Gasteiger partial charge < -0.3 is 4.74 Å². The lowest BCUT2D eigenvalue weighted by atomic mass is 9.83. The van der Waals surface area contributed by atoms with Gasteiger partial charge in [-0.2, -0.15) is 0 Å². The second-order valence-electron chi connectivity index (χ2n) is 12.0. The first kappa shape index (κ1) is 58.1. The van der Waals surface area contributed by atoms with Gasteiger partial charge in [0.2, 0.25) is 0 Å². The number of ether oxygens (including phenoxy) is 1.